The zero-order valence-electron chi connectivity index (χ0n) is 18.4. The monoisotopic (exact) mass is 452 g/mol. The van der Waals surface area contributed by atoms with Crippen molar-refractivity contribution in [2.24, 2.45) is 4.99 Å². The lowest BCUT2D eigenvalue weighted by molar-refractivity contribution is -0.122. The standard InChI is InChI=1S/C25H29ClN4O2/c1-30(2)15-22(31)27-18-9-11-19(12-10-18)28-24(16-6-4-3-5-7-16)23-20-13-8-17(26)14-21(20)29-25(23)32/h3-8,13-14,18-19,29,32H,9-12,15H2,1-2H3,(H,27,31). The second kappa shape index (κ2) is 9.76. The first kappa shape index (κ1) is 22.4. The van der Waals surface area contributed by atoms with Crippen molar-refractivity contribution >= 4 is 34.1 Å². The van der Waals surface area contributed by atoms with E-state index in [4.69, 9.17) is 16.6 Å². The van der Waals surface area contributed by atoms with Crippen molar-refractivity contribution in [2.45, 2.75) is 37.8 Å². The summed E-state index contributed by atoms with van der Waals surface area (Å²) in [5, 5.41) is 15.4. The summed E-state index contributed by atoms with van der Waals surface area (Å²) in [6.07, 6.45) is 3.56. The molecule has 3 aromatic rings. The second-order valence-corrected chi connectivity index (χ2v) is 9.13. The number of amides is 1. The Morgan fingerprint density at radius 3 is 2.56 bits per heavy atom. The molecular weight excluding hydrogens is 424 g/mol. The number of carbonyl (C=O) groups is 1. The summed E-state index contributed by atoms with van der Waals surface area (Å²) in [6, 6.07) is 15.8. The molecular formula is C25H29ClN4O2. The van der Waals surface area contributed by atoms with Crippen LogP contribution in [0.4, 0.5) is 0 Å². The van der Waals surface area contributed by atoms with Crippen molar-refractivity contribution < 1.29 is 9.90 Å². The molecule has 1 heterocycles. The van der Waals surface area contributed by atoms with Crippen LogP contribution >= 0.6 is 11.6 Å². The lowest BCUT2D eigenvalue weighted by atomic mass is 9.90. The van der Waals surface area contributed by atoms with E-state index < -0.39 is 0 Å². The summed E-state index contributed by atoms with van der Waals surface area (Å²) in [4.78, 5) is 22.1. The molecule has 0 bridgehead atoms. The van der Waals surface area contributed by atoms with Gasteiger partial charge in [0, 0.05) is 22.0 Å². The number of likely N-dealkylation sites (N-methyl/N-ethyl adjacent to an activating group) is 1. The minimum atomic E-state index is 0.0642. The van der Waals surface area contributed by atoms with E-state index in [1.54, 1.807) is 0 Å². The summed E-state index contributed by atoms with van der Waals surface area (Å²) in [6.45, 7) is 0.403. The molecule has 1 aliphatic carbocycles. The van der Waals surface area contributed by atoms with Gasteiger partial charge in [-0.1, -0.05) is 48.0 Å². The lowest BCUT2D eigenvalue weighted by Gasteiger charge is -2.28. The third kappa shape index (κ3) is 5.14. The predicted octanol–water partition coefficient (Wildman–Crippen LogP) is 4.35. The maximum Gasteiger partial charge on any atom is 0.234 e. The second-order valence-electron chi connectivity index (χ2n) is 8.69. The first-order valence-corrected chi connectivity index (χ1v) is 11.4. The number of benzene rings is 2. The average Bonchev–Trinajstić information content (AvgIpc) is 3.07. The van der Waals surface area contributed by atoms with E-state index >= 15 is 0 Å². The third-order valence-corrected chi connectivity index (χ3v) is 6.09. The van der Waals surface area contributed by atoms with E-state index in [9.17, 15) is 9.90 Å². The number of rotatable bonds is 6. The van der Waals surface area contributed by atoms with Gasteiger partial charge in [-0.3, -0.25) is 9.79 Å². The molecule has 0 atom stereocenters. The Labute approximate surface area is 193 Å². The smallest absolute Gasteiger partial charge is 0.234 e. The number of aromatic amines is 1. The van der Waals surface area contributed by atoms with Gasteiger partial charge in [0.05, 0.1) is 29.4 Å². The van der Waals surface area contributed by atoms with Crippen LogP contribution < -0.4 is 5.32 Å². The van der Waals surface area contributed by atoms with E-state index in [-0.39, 0.29) is 23.9 Å². The molecule has 0 unspecified atom stereocenters. The Morgan fingerprint density at radius 2 is 1.88 bits per heavy atom. The fourth-order valence-corrected chi connectivity index (χ4v) is 4.54. The maximum absolute atomic E-state index is 12.1. The highest BCUT2D eigenvalue weighted by atomic mass is 35.5. The van der Waals surface area contributed by atoms with Crippen LogP contribution in [-0.2, 0) is 4.79 Å². The molecule has 6 nitrogen and oxygen atoms in total. The van der Waals surface area contributed by atoms with E-state index in [0.717, 1.165) is 47.9 Å². The van der Waals surface area contributed by atoms with Gasteiger partial charge >= 0.3 is 0 Å². The molecule has 0 spiro atoms. The van der Waals surface area contributed by atoms with Crippen molar-refractivity contribution in [1.29, 1.82) is 0 Å². The fourth-order valence-electron chi connectivity index (χ4n) is 4.37. The number of nitrogens with zero attached hydrogens (tertiary/aromatic N) is 2. The molecule has 4 rings (SSSR count). The molecule has 168 valence electrons. The molecule has 2 aromatic carbocycles. The van der Waals surface area contributed by atoms with Crippen molar-refractivity contribution in [3.05, 3.63) is 64.7 Å². The van der Waals surface area contributed by atoms with Gasteiger partial charge in [-0.25, -0.2) is 0 Å². The van der Waals surface area contributed by atoms with Gasteiger partial charge in [-0.05, 0) is 51.9 Å². The number of H-pyrrole nitrogens is 1. The SMILES string of the molecule is CN(C)CC(=O)NC1CCC(N=C(c2ccccc2)c2c(O)[nH]c3cc(Cl)ccc23)CC1. The number of halogens is 1. The minimum Gasteiger partial charge on any atom is -0.494 e. The molecule has 0 aliphatic heterocycles. The van der Waals surface area contributed by atoms with E-state index in [1.807, 2.05) is 67.5 Å². The predicted molar refractivity (Wildman–Crippen MR) is 130 cm³/mol. The van der Waals surface area contributed by atoms with Gasteiger partial charge in [0.15, 0.2) is 5.88 Å². The summed E-state index contributed by atoms with van der Waals surface area (Å²) < 4.78 is 0. The van der Waals surface area contributed by atoms with Crippen molar-refractivity contribution in [3.8, 4) is 5.88 Å². The Balaban J connectivity index is 1.60. The molecule has 1 saturated carbocycles. The summed E-state index contributed by atoms with van der Waals surface area (Å²) in [5.41, 5.74) is 3.21. The molecule has 7 heteroatoms. The molecule has 1 aromatic heterocycles. The van der Waals surface area contributed by atoms with Crippen molar-refractivity contribution in [3.63, 3.8) is 0 Å². The molecule has 0 saturated heterocycles. The van der Waals surface area contributed by atoms with E-state index in [1.165, 1.54) is 0 Å². The van der Waals surface area contributed by atoms with Crippen molar-refractivity contribution in [2.75, 3.05) is 20.6 Å². The molecule has 32 heavy (non-hydrogen) atoms. The molecule has 1 amide bonds. The van der Waals surface area contributed by atoms with Crippen LogP contribution in [-0.4, -0.2) is 59.3 Å². The zero-order valence-corrected chi connectivity index (χ0v) is 19.2. The summed E-state index contributed by atoms with van der Waals surface area (Å²) in [7, 11) is 3.79. The highest BCUT2D eigenvalue weighted by molar-refractivity contribution is 6.31. The minimum absolute atomic E-state index is 0.0642. The van der Waals surface area contributed by atoms with Crippen LogP contribution in [0.25, 0.3) is 10.9 Å². The topological polar surface area (TPSA) is 80.7 Å². The van der Waals surface area contributed by atoms with Crippen LogP contribution in [0.2, 0.25) is 5.02 Å². The first-order chi connectivity index (χ1) is 15.4. The number of hydrogen-bond donors (Lipinski definition) is 3. The van der Waals surface area contributed by atoms with Crippen LogP contribution in [0.3, 0.4) is 0 Å². The van der Waals surface area contributed by atoms with Crippen LogP contribution in [0.15, 0.2) is 53.5 Å². The number of aromatic nitrogens is 1. The summed E-state index contributed by atoms with van der Waals surface area (Å²) >= 11 is 6.15. The normalized spacial score (nSPS) is 19.4. The van der Waals surface area contributed by atoms with Crippen LogP contribution in [0.5, 0.6) is 5.88 Å². The van der Waals surface area contributed by atoms with Gasteiger partial charge in [-0.15, -0.1) is 0 Å². The van der Waals surface area contributed by atoms with Gasteiger partial charge in [0.25, 0.3) is 0 Å². The Bertz CT molecular complexity index is 1120. The third-order valence-electron chi connectivity index (χ3n) is 5.86. The Hall–Kier alpha value is -2.83. The fraction of sp³-hybridized carbons (Fsp3) is 0.360. The number of carbonyl (C=O) groups excluding carboxylic acids is 1. The first-order valence-electron chi connectivity index (χ1n) is 11.0. The van der Waals surface area contributed by atoms with E-state index in [0.29, 0.717) is 17.1 Å². The Kier molecular flexibility index (Phi) is 6.82. The summed E-state index contributed by atoms with van der Waals surface area (Å²) in [5.74, 6) is 0.156. The van der Waals surface area contributed by atoms with Crippen LogP contribution in [0.1, 0.15) is 36.8 Å². The lowest BCUT2D eigenvalue weighted by Crippen LogP contribution is -2.42. The molecule has 1 fully saturated rings. The number of nitrogens with one attached hydrogen (secondary N) is 2. The maximum atomic E-state index is 12.1. The largest absolute Gasteiger partial charge is 0.494 e. The highest BCUT2D eigenvalue weighted by Crippen LogP contribution is 2.33. The van der Waals surface area contributed by atoms with Gasteiger partial charge in [0.1, 0.15) is 0 Å². The number of fused-ring (bicyclic) bond motifs is 1. The number of aromatic hydroxyl groups is 1. The van der Waals surface area contributed by atoms with Gasteiger partial charge in [-0.2, -0.15) is 0 Å². The average molecular weight is 453 g/mol. The zero-order chi connectivity index (χ0) is 22.7. The van der Waals surface area contributed by atoms with E-state index in [2.05, 4.69) is 10.3 Å². The number of hydrogen-bond acceptors (Lipinski definition) is 4. The molecule has 3 N–H and O–H groups in total. The van der Waals surface area contributed by atoms with Gasteiger partial charge in [0.2, 0.25) is 5.91 Å². The van der Waals surface area contributed by atoms with Crippen LogP contribution in [0, 0.1) is 0 Å². The van der Waals surface area contributed by atoms with Crippen molar-refractivity contribution in [1.82, 2.24) is 15.2 Å². The highest BCUT2D eigenvalue weighted by Gasteiger charge is 2.25. The Morgan fingerprint density at radius 1 is 1.16 bits per heavy atom. The number of aliphatic imine (C=N–C) groups is 1. The molecule has 0 radical (unpaired) electrons. The quantitative estimate of drug-likeness (QED) is 0.486. The molecule has 1 aliphatic rings. The van der Waals surface area contributed by atoms with Gasteiger partial charge < -0.3 is 20.3 Å².